The van der Waals surface area contributed by atoms with Gasteiger partial charge in [-0.1, -0.05) is 18.2 Å². The van der Waals surface area contributed by atoms with E-state index in [9.17, 15) is 0 Å². The summed E-state index contributed by atoms with van der Waals surface area (Å²) in [6.07, 6.45) is 0.904. The van der Waals surface area contributed by atoms with Crippen molar-refractivity contribution in [2.45, 2.75) is 12.3 Å². The van der Waals surface area contributed by atoms with Crippen LogP contribution in [-0.2, 0) is 6.42 Å². The van der Waals surface area contributed by atoms with Gasteiger partial charge in [-0.15, -0.1) is 5.10 Å². The van der Waals surface area contributed by atoms with Crippen LogP contribution in [0.1, 0.15) is 17.3 Å². The minimum absolute atomic E-state index is 0.204. The average molecular weight is 236 g/mol. The fraction of sp³-hybridized carbons (Fsp3) is 0.273. The summed E-state index contributed by atoms with van der Waals surface area (Å²) in [6.45, 7) is 0.614. The molecule has 0 radical (unpaired) electrons. The van der Waals surface area contributed by atoms with Gasteiger partial charge in [-0.3, -0.25) is 5.10 Å². The molecule has 16 heavy (non-hydrogen) atoms. The quantitative estimate of drug-likeness (QED) is 0.824. The zero-order chi connectivity index (χ0) is 11.0. The topological polar surface area (TPSA) is 50.8 Å². The van der Waals surface area contributed by atoms with Gasteiger partial charge in [-0.05, 0) is 29.7 Å². The Hall–Kier alpha value is -1.55. The summed E-state index contributed by atoms with van der Waals surface area (Å²) in [6, 6.07) is 8.04. The summed E-state index contributed by atoms with van der Waals surface area (Å²) >= 11 is 5.69. The highest BCUT2D eigenvalue weighted by Gasteiger charge is 2.23. The van der Waals surface area contributed by atoms with Crippen molar-refractivity contribution in [3.05, 3.63) is 40.9 Å². The van der Waals surface area contributed by atoms with Gasteiger partial charge >= 0.3 is 0 Å². The first-order valence-electron chi connectivity index (χ1n) is 5.11. The van der Waals surface area contributed by atoms with Crippen LogP contribution in [0.15, 0.2) is 24.3 Å². The lowest BCUT2D eigenvalue weighted by Crippen LogP contribution is -2.20. The van der Waals surface area contributed by atoms with Gasteiger partial charge in [0.2, 0.25) is 5.28 Å². The van der Waals surface area contributed by atoms with Gasteiger partial charge in [0, 0.05) is 0 Å². The predicted octanol–water partition coefficient (Wildman–Crippen LogP) is 2.18. The molecular formula is C11H10ClN3O. The minimum Gasteiger partial charge on any atom is -0.493 e. The van der Waals surface area contributed by atoms with E-state index in [1.165, 1.54) is 5.56 Å². The van der Waals surface area contributed by atoms with Gasteiger partial charge in [0.05, 0.1) is 12.5 Å². The van der Waals surface area contributed by atoms with Crippen molar-refractivity contribution in [2.24, 2.45) is 0 Å². The third-order valence-electron chi connectivity index (χ3n) is 2.74. The van der Waals surface area contributed by atoms with Crippen molar-refractivity contribution in [2.75, 3.05) is 6.61 Å². The number of benzene rings is 1. The number of halogens is 1. The highest BCUT2D eigenvalue weighted by Crippen LogP contribution is 2.30. The molecule has 5 heteroatoms. The number of hydrogen-bond acceptors (Lipinski definition) is 3. The highest BCUT2D eigenvalue weighted by atomic mass is 35.5. The Labute approximate surface area is 97.6 Å². The van der Waals surface area contributed by atoms with E-state index in [1.807, 2.05) is 18.2 Å². The Bertz CT molecular complexity index is 511. The second-order valence-corrected chi connectivity index (χ2v) is 4.15. The second-order valence-electron chi connectivity index (χ2n) is 3.81. The second kappa shape index (κ2) is 3.79. The van der Waals surface area contributed by atoms with Crippen LogP contribution >= 0.6 is 11.6 Å². The summed E-state index contributed by atoms with van der Waals surface area (Å²) < 4.78 is 5.67. The van der Waals surface area contributed by atoms with Gasteiger partial charge in [0.15, 0.2) is 0 Å². The lowest BCUT2D eigenvalue weighted by molar-refractivity contribution is 0.258. The smallest absolute Gasteiger partial charge is 0.242 e. The van der Waals surface area contributed by atoms with Crippen LogP contribution < -0.4 is 4.74 Å². The molecule has 0 bridgehead atoms. The van der Waals surface area contributed by atoms with Gasteiger partial charge in [0.25, 0.3) is 0 Å². The Balaban J connectivity index is 1.88. The monoisotopic (exact) mass is 235 g/mol. The first kappa shape index (κ1) is 9.66. The van der Waals surface area contributed by atoms with Crippen LogP contribution in [0.5, 0.6) is 5.75 Å². The molecular weight excluding hydrogens is 226 g/mol. The Morgan fingerprint density at radius 1 is 1.38 bits per heavy atom. The molecule has 0 aliphatic carbocycles. The molecule has 1 aromatic heterocycles. The lowest BCUT2D eigenvalue weighted by Gasteiger charge is -2.23. The molecule has 1 atom stereocenters. The Morgan fingerprint density at radius 2 is 2.25 bits per heavy atom. The number of rotatable bonds is 1. The lowest BCUT2D eigenvalue weighted by atomic mass is 9.96. The van der Waals surface area contributed by atoms with E-state index in [-0.39, 0.29) is 11.2 Å². The van der Waals surface area contributed by atoms with Crippen molar-refractivity contribution in [1.29, 1.82) is 0 Å². The third kappa shape index (κ3) is 1.65. The Morgan fingerprint density at radius 3 is 3.06 bits per heavy atom. The molecule has 2 heterocycles. The maximum atomic E-state index is 5.69. The first-order valence-corrected chi connectivity index (χ1v) is 5.49. The standard InChI is InChI=1S/C11H10ClN3O/c12-11-13-10(14-15-11)8-5-7-3-1-2-4-9(7)16-6-8/h1-4,8H,5-6H2,(H,13,14,15). The number of H-pyrrole nitrogens is 1. The van der Waals surface area contributed by atoms with Crippen molar-refractivity contribution in [3.8, 4) is 5.75 Å². The van der Waals surface area contributed by atoms with Crippen LogP contribution in [-0.4, -0.2) is 21.8 Å². The van der Waals surface area contributed by atoms with E-state index < -0.39 is 0 Å². The van der Waals surface area contributed by atoms with E-state index in [1.54, 1.807) is 0 Å². The van der Waals surface area contributed by atoms with Crippen molar-refractivity contribution in [3.63, 3.8) is 0 Å². The van der Waals surface area contributed by atoms with Crippen LogP contribution in [0.2, 0.25) is 5.28 Å². The molecule has 4 nitrogen and oxygen atoms in total. The number of aromatic amines is 1. The number of fused-ring (bicyclic) bond motifs is 1. The summed E-state index contributed by atoms with van der Waals surface area (Å²) in [7, 11) is 0. The number of nitrogens with zero attached hydrogens (tertiary/aromatic N) is 2. The van der Waals surface area contributed by atoms with Gasteiger partial charge in [-0.25, -0.2) is 4.98 Å². The molecule has 82 valence electrons. The summed E-state index contributed by atoms with van der Waals surface area (Å²) in [4.78, 5) is 4.13. The molecule has 3 rings (SSSR count). The van der Waals surface area contributed by atoms with E-state index in [4.69, 9.17) is 16.3 Å². The van der Waals surface area contributed by atoms with Gasteiger partial charge < -0.3 is 4.74 Å². The number of para-hydroxylation sites is 1. The van der Waals surface area contributed by atoms with Crippen molar-refractivity contribution >= 4 is 11.6 Å². The number of ether oxygens (including phenoxy) is 1. The van der Waals surface area contributed by atoms with E-state index in [0.29, 0.717) is 6.61 Å². The molecule has 1 aliphatic heterocycles. The fourth-order valence-electron chi connectivity index (χ4n) is 1.94. The van der Waals surface area contributed by atoms with E-state index in [2.05, 4.69) is 21.2 Å². The third-order valence-corrected chi connectivity index (χ3v) is 2.91. The van der Waals surface area contributed by atoms with Crippen LogP contribution in [0, 0.1) is 0 Å². The molecule has 1 N–H and O–H groups in total. The van der Waals surface area contributed by atoms with Crippen molar-refractivity contribution in [1.82, 2.24) is 15.2 Å². The highest BCUT2D eigenvalue weighted by molar-refractivity contribution is 6.28. The molecule has 0 spiro atoms. The van der Waals surface area contributed by atoms with E-state index in [0.717, 1.165) is 18.0 Å². The average Bonchev–Trinajstić information content (AvgIpc) is 2.75. The molecule has 0 fully saturated rings. The number of hydrogen-bond donors (Lipinski definition) is 1. The first-order chi connectivity index (χ1) is 7.83. The maximum absolute atomic E-state index is 5.69. The summed E-state index contributed by atoms with van der Waals surface area (Å²) in [5.41, 5.74) is 1.20. The van der Waals surface area contributed by atoms with Crippen LogP contribution in [0.25, 0.3) is 0 Å². The zero-order valence-corrected chi connectivity index (χ0v) is 9.24. The molecule has 2 aromatic rings. The van der Waals surface area contributed by atoms with Crippen LogP contribution in [0.3, 0.4) is 0 Å². The zero-order valence-electron chi connectivity index (χ0n) is 8.48. The van der Waals surface area contributed by atoms with Crippen molar-refractivity contribution < 1.29 is 4.74 Å². The summed E-state index contributed by atoms with van der Waals surface area (Å²) in [5, 5.41) is 6.91. The molecule has 1 unspecified atom stereocenters. The SMILES string of the molecule is Clc1n[nH]c(C2COc3ccccc3C2)n1. The normalized spacial score (nSPS) is 18.9. The number of aromatic nitrogens is 3. The largest absolute Gasteiger partial charge is 0.493 e. The number of nitrogens with one attached hydrogen (secondary N) is 1. The molecule has 0 amide bonds. The fourth-order valence-corrected chi connectivity index (χ4v) is 2.07. The molecule has 0 saturated carbocycles. The van der Waals surface area contributed by atoms with E-state index >= 15 is 0 Å². The molecule has 1 aliphatic rings. The predicted molar refractivity (Wildman–Crippen MR) is 59.8 cm³/mol. The Kier molecular flexibility index (Phi) is 2.29. The maximum Gasteiger partial charge on any atom is 0.242 e. The summed E-state index contributed by atoms with van der Waals surface area (Å²) in [5.74, 6) is 1.96. The minimum atomic E-state index is 0.204. The van der Waals surface area contributed by atoms with Crippen LogP contribution in [0.4, 0.5) is 0 Å². The molecule has 0 saturated heterocycles. The van der Waals surface area contributed by atoms with Gasteiger partial charge in [0.1, 0.15) is 11.6 Å². The van der Waals surface area contributed by atoms with Gasteiger partial charge in [-0.2, -0.15) is 0 Å². The molecule has 1 aromatic carbocycles.